The smallest absolute Gasteiger partial charge is 0.259 e. The van der Waals surface area contributed by atoms with E-state index < -0.39 is 12.8 Å². The molecule has 1 aromatic carbocycles. The number of ether oxygens (including phenoxy) is 1. The first-order valence-electron chi connectivity index (χ1n) is 5.37. The molecule has 2 aromatic rings. The van der Waals surface area contributed by atoms with Gasteiger partial charge in [0.05, 0.1) is 6.20 Å². The van der Waals surface area contributed by atoms with E-state index in [0.717, 1.165) is 9.13 Å². The highest BCUT2D eigenvalue weighted by Gasteiger charge is 2.18. The van der Waals surface area contributed by atoms with Crippen molar-refractivity contribution in [1.29, 1.82) is 0 Å². The number of alkyl halides is 1. The zero-order chi connectivity index (χ0) is 13.8. The summed E-state index contributed by atoms with van der Waals surface area (Å²) >= 11 is 5.31. The Kier molecular flexibility index (Phi) is 4.92. The van der Waals surface area contributed by atoms with Gasteiger partial charge in [0, 0.05) is 9.13 Å². The summed E-state index contributed by atoms with van der Waals surface area (Å²) in [5, 5.41) is 0. The van der Waals surface area contributed by atoms with E-state index in [4.69, 9.17) is 10.5 Å². The maximum absolute atomic E-state index is 13.2. The molecule has 0 spiro atoms. The van der Waals surface area contributed by atoms with E-state index in [-0.39, 0.29) is 11.7 Å². The van der Waals surface area contributed by atoms with Crippen LogP contribution in [0.3, 0.4) is 0 Å². The van der Waals surface area contributed by atoms with Gasteiger partial charge >= 0.3 is 0 Å². The second-order valence-corrected chi connectivity index (χ2v) is 5.64. The van der Waals surface area contributed by atoms with Gasteiger partial charge in [-0.25, -0.2) is 14.4 Å². The normalized spacial score (nSPS) is 12.2. The van der Waals surface area contributed by atoms with E-state index in [1.54, 1.807) is 0 Å². The zero-order valence-electron chi connectivity index (χ0n) is 9.69. The van der Waals surface area contributed by atoms with Crippen LogP contribution in [0.25, 0.3) is 0 Å². The maximum atomic E-state index is 13.2. The minimum absolute atomic E-state index is 0.122. The van der Waals surface area contributed by atoms with Crippen LogP contribution in [0.15, 0.2) is 35.1 Å². The molecular formula is C12H10BrFIN3O. The topological polar surface area (TPSA) is 61.0 Å². The second kappa shape index (κ2) is 6.47. The number of aromatic nitrogens is 2. The minimum Gasteiger partial charge on any atom is -0.464 e. The number of benzene rings is 1. The number of nitrogens with zero attached hydrogens (tertiary/aromatic N) is 2. The van der Waals surface area contributed by atoms with Crippen molar-refractivity contribution in [3.05, 3.63) is 44.2 Å². The molecule has 0 saturated carbocycles. The standard InChI is InChI=1S/C12H10BrFIN3O/c13-10-6-17-11(16)12(18-10)19-9(5-14)7-3-1-2-4-8(7)15/h1-4,6,9H,5H2,(H2,16,17)/t9-/m1/s1. The fourth-order valence-corrected chi connectivity index (χ4v) is 2.50. The molecule has 0 unspecified atom stereocenters. The van der Waals surface area contributed by atoms with Gasteiger partial charge in [-0.05, 0) is 44.6 Å². The highest BCUT2D eigenvalue weighted by atomic mass is 127. The Hall–Kier alpha value is -0.960. The fourth-order valence-electron chi connectivity index (χ4n) is 1.50. The third-order valence-corrected chi connectivity index (χ3v) is 3.75. The molecule has 0 aliphatic rings. The molecule has 1 heterocycles. The maximum Gasteiger partial charge on any atom is 0.259 e. The summed E-state index contributed by atoms with van der Waals surface area (Å²) in [6, 6.07) is 7.42. The van der Waals surface area contributed by atoms with Crippen LogP contribution < -0.4 is 10.5 Å². The van der Waals surface area contributed by atoms with Crippen molar-refractivity contribution in [2.45, 2.75) is 6.10 Å². The van der Waals surface area contributed by atoms with E-state index >= 15 is 0 Å². The van der Waals surface area contributed by atoms with Crippen LogP contribution in [0.1, 0.15) is 11.7 Å². The van der Waals surface area contributed by atoms with Gasteiger partial charge in [0.15, 0.2) is 11.9 Å². The highest BCUT2D eigenvalue weighted by Crippen LogP contribution is 2.28. The third-order valence-electron chi connectivity index (χ3n) is 2.38. The van der Waals surface area contributed by atoms with Crippen molar-refractivity contribution in [2.24, 2.45) is 0 Å². The van der Waals surface area contributed by atoms with Crippen molar-refractivity contribution in [2.75, 3.05) is 12.4 Å². The van der Waals surface area contributed by atoms with E-state index in [1.807, 2.05) is 24.3 Å². The summed E-state index contributed by atoms with van der Waals surface area (Å²) < 4.78 is 20.1. The Morgan fingerprint density at radius 2 is 2.16 bits per heavy atom. The summed E-state index contributed by atoms with van der Waals surface area (Å²) in [7, 11) is 0. The number of anilines is 1. The fraction of sp³-hybridized carbons (Fsp3) is 0.167. The van der Waals surface area contributed by atoms with Gasteiger partial charge in [-0.1, -0.05) is 18.2 Å². The zero-order valence-corrected chi connectivity index (χ0v) is 13.4. The number of nitrogens with two attached hydrogens (primary N) is 1. The predicted molar refractivity (Wildman–Crippen MR) is 82.6 cm³/mol. The van der Waals surface area contributed by atoms with Crippen molar-refractivity contribution in [3.8, 4) is 5.88 Å². The monoisotopic (exact) mass is 437 g/mol. The largest absolute Gasteiger partial charge is 0.464 e. The molecule has 0 amide bonds. The quantitative estimate of drug-likeness (QED) is 0.743. The molecule has 0 aliphatic carbocycles. The average Bonchev–Trinajstić information content (AvgIpc) is 2.41. The Labute approximate surface area is 131 Å². The highest BCUT2D eigenvalue weighted by molar-refractivity contribution is 14.1. The van der Waals surface area contributed by atoms with E-state index in [9.17, 15) is 4.39 Å². The minimum atomic E-state index is -0.751. The van der Waals surface area contributed by atoms with Crippen LogP contribution in [0, 0.1) is 3.57 Å². The number of halogens is 3. The molecule has 0 fully saturated rings. The van der Waals surface area contributed by atoms with E-state index in [0.29, 0.717) is 4.60 Å². The van der Waals surface area contributed by atoms with Gasteiger partial charge in [-0.15, -0.1) is 0 Å². The van der Waals surface area contributed by atoms with Gasteiger partial charge in [0.2, 0.25) is 0 Å². The van der Waals surface area contributed by atoms with Crippen molar-refractivity contribution >= 4 is 44.3 Å². The van der Waals surface area contributed by atoms with Crippen molar-refractivity contribution in [3.63, 3.8) is 0 Å². The lowest BCUT2D eigenvalue weighted by molar-refractivity contribution is 0.159. The number of nitrogen functional groups attached to an aromatic ring is 1. The molecule has 0 saturated heterocycles. The summed E-state index contributed by atoms with van der Waals surface area (Å²) in [6.07, 6.45) is 0.706. The number of rotatable bonds is 4. The molecule has 7 heteroatoms. The van der Waals surface area contributed by atoms with Gasteiger partial charge in [-0.2, -0.15) is 0 Å². The molecule has 1 aromatic heterocycles. The molecule has 19 heavy (non-hydrogen) atoms. The Morgan fingerprint density at radius 1 is 1.42 bits per heavy atom. The van der Waals surface area contributed by atoms with Crippen LogP contribution in [-0.4, -0.2) is 16.6 Å². The third kappa shape index (κ3) is 3.53. The number of hydrogen-bond donors (Lipinski definition) is 1. The molecule has 1 atom stereocenters. The van der Waals surface area contributed by atoms with Crippen LogP contribution in [-0.2, 0) is 0 Å². The molecule has 2 rings (SSSR count). The molecular weight excluding hydrogens is 428 g/mol. The Morgan fingerprint density at radius 3 is 2.84 bits per heavy atom. The first-order valence-corrected chi connectivity index (χ1v) is 7.24. The first-order chi connectivity index (χ1) is 9.11. The van der Waals surface area contributed by atoms with Gasteiger partial charge in [-0.3, -0.25) is 0 Å². The lowest BCUT2D eigenvalue weighted by Gasteiger charge is -2.17. The molecule has 0 aliphatic heterocycles. The predicted octanol–water partition coefficient (Wildman–Crippen LogP) is 3.52. The average molecular weight is 438 g/mol. The van der Waals surface area contributed by atoms with Crippen molar-refractivity contribution in [1.82, 2.24) is 9.97 Å². The van der Waals surface area contributed by atoms with Gasteiger partial charge < -0.3 is 10.5 Å². The molecule has 0 radical (unpaired) electrons. The van der Waals surface area contributed by atoms with Crippen LogP contribution in [0.4, 0.5) is 10.2 Å². The van der Waals surface area contributed by atoms with E-state index in [1.165, 1.54) is 6.20 Å². The lowest BCUT2D eigenvalue weighted by atomic mass is 10.1. The molecule has 4 nitrogen and oxygen atoms in total. The van der Waals surface area contributed by atoms with Crippen LogP contribution >= 0.6 is 38.5 Å². The van der Waals surface area contributed by atoms with Crippen LogP contribution in [0.2, 0.25) is 0 Å². The van der Waals surface area contributed by atoms with Gasteiger partial charge in [0.25, 0.3) is 5.88 Å². The van der Waals surface area contributed by atoms with Gasteiger partial charge in [0.1, 0.15) is 11.3 Å². The first kappa shape index (κ1) is 14.4. The lowest BCUT2D eigenvalue weighted by Crippen LogP contribution is -2.13. The van der Waals surface area contributed by atoms with Crippen molar-refractivity contribution < 1.29 is 9.13 Å². The Bertz CT molecular complexity index is 585. The SMILES string of the molecule is Nc1ncc(Br)nc1O[C@H](CF)c1ccccc1I. The molecule has 0 bridgehead atoms. The Balaban J connectivity index is 2.29. The molecule has 100 valence electrons. The number of hydrogen-bond acceptors (Lipinski definition) is 4. The van der Waals surface area contributed by atoms with Crippen LogP contribution in [0.5, 0.6) is 5.88 Å². The second-order valence-electron chi connectivity index (χ2n) is 3.67. The summed E-state index contributed by atoms with van der Waals surface area (Å²) in [4.78, 5) is 7.95. The molecule has 2 N–H and O–H groups in total. The summed E-state index contributed by atoms with van der Waals surface area (Å²) in [5.41, 5.74) is 6.42. The summed E-state index contributed by atoms with van der Waals surface area (Å²) in [6.45, 7) is -0.673. The van der Waals surface area contributed by atoms with E-state index in [2.05, 4.69) is 48.5 Å². The summed E-state index contributed by atoms with van der Waals surface area (Å²) in [5.74, 6) is 0.254.